The summed E-state index contributed by atoms with van der Waals surface area (Å²) in [6.45, 7) is 1.82. The van der Waals surface area contributed by atoms with Crippen molar-refractivity contribution in [2.75, 3.05) is 16.8 Å². The van der Waals surface area contributed by atoms with Crippen molar-refractivity contribution >= 4 is 67.1 Å². The number of rotatable bonds is 8. The second-order valence-corrected chi connectivity index (χ2v) is 10.5. The van der Waals surface area contributed by atoms with Gasteiger partial charge in [0.15, 0.2) is 5.82 Å². The molecule has 184 valence electrons. The van der Waals surface area contributed by atoms with Gasteiger partial charge in [-0.1, -0.05) is 30.4 Å². The Labute approximate surface area is 217 Å². The number of ether oxygens (including phenoxy) is 1. The number of aromatic nitrogens is 2. The summed E-state index contributed by atoms with van der Waals surface area (Å²) in [5, 5.41) is 26.1. The highest BCUT2D eigenvalue weighted by molar-refractivity contribution is 8.22. The maximum absolute atomic E-state index is 12.6. The first-order chi connectivity index (χ1) is 17.3. The summed E-state index contributed by atoms with van der Waals surface area (Å²) < 4.78 is 36.9. The van der Waals surface area contributed by atoms with E-state index in [1.165, 1.54) is 43.5 Å². The Morgan fingerprint density at radius 3 is 2.47 bits per heavy atom. The standard InChI is InChI=1S/C22H20N8O3S3/c1-14-20(21(23)30(27-14)16-6-4-3-5-7-16)22(34)35-29-24-15-8-10-17(11-9-15)36(31,32)28-18-12-13-19(33-2)26-25-18/h3-13,20,23H,1-2H3,(H,25,28). The quantitative estimate of drug-likeness (QED) is 0.235. The van der Waals surface area contributed by atoms with Gasteiger partial charge >= 0.3 is 0 Å². The number of benzene rings is 2. The molecular weight excluding hydrogens is 520 g/mol. The van der Waals surface area contributed by atoms with Gasteiger partial charge in [0.1, 0.15) is 11.8 Å². The van der Waals surface area contributed by atoms with Gasteiger partial charge in [0.25, 0.3) is 10.0 Å². The normalized spacial score (nSPS) is 15.7. The van der Waals surface area contributed by atoms with Crippen molar-refractivity contribution in [2.45, 2.75) is 11.8 Å². The zero-order chi connectivity index (χ0) is 25.7. The molecule has 0 amide bonds. The minimum Gasteiger partial charge on any atom is -0.480 e. The molecule has 2 heterocycles. The highest BCUT2D eigenvalue weighted by Gasteiger charge is 2.34. The number of methoxy groups -OCH3 is 1. The number of thiocarbonyl (C=S) groups is 1. The summed E-state index contributed by atoms with van der Waals surface area (Å²) in [5.41, 5.74) is 1.91. The molecule has 36 heavy (non-hydrogen) atoms. The first kappa shape index (κ1) is 25.3. The van der Waals surface area contributed by atoms with Gasteiger partial charge in [0.05, 0.1) is 33.3 Å². The third kappa shape index (κ3) is 5.72. The molecular formula is C22H20N8O3S3. The molecule has 0 radical (unpaired) electrons. The minimum absolute atomic E-state index is 0.0227. The van der Waals surface area contributed by atoms with E-state index in [0.717, 1.165) is 17.6 Å². The lowest BCUT2D eigenvalue weighted by Crippen LogP contribution is -2.29. The summed E-state index contributed by atoms with van der Waals surface area (Å²) in [6.07, 6.45) is 0. The first-order valence-electron chi connectivity index (χ1n) is 10.4. The Kier molecular flexibility index (Phi) is 7.67. The molecule has 1 aliphatic heterocycles. The Hall–Kier alpha value is -3.75. The van der Waals surface area contributed by atoms with Crippen LogP contribution in [0.3, 0.4) is 0 Å². The van der Waals surface area contributed by atoms with E-state index in [0.29, 0.717) is 15.6 Å². The average molecular weight is 541 g/mol. The monoisotopic (exact) mass is 540 g/mol. The van der Waals surface area contributed by atoms with E-state index in [2.05, 4.69) is 29.7 Å². The van der Waals surface area contributed by atoms with E-state index in [1.807, 2.05) is 37.3 Å². The molecule has 1 atom stereocenters. The summed E-state index contributed by atoms with van der Waals surface area (Å²) in [5.74, 6) is 0.108. The van der Waals surface area contributed by atoms with Crippen molar-refractivity contribution in [2.24, 2.45) is 20.7 Å². The predicted molar refractivity (Wildman–Crippen MR) is 144 cm³/mol. The van der Waals surface area contributed by atoms with Crippen LogP contribution in [-0.2, 0) is 10.0 Å². The lowest BCUT2D eigenvalue weighted by Gasteiger charge is -2.16. The lowest BCUT2D eigenvalue weighted by molar-refractivity contribution is 0.392. The van der Waals surface area contributed by atoms with Gasteiger partial charge in [0, 0.05) is 18.0 Å². The maximum atomic E-state index is 12.6. The fourth-order valence-electron chi connectivity index (χ4n) is 3.17. The Morgan fingerprint density at radius 1 is 1.11 bits per heavy atom. The highest BCUT2D eigenvalue weighted by Crippen LogP contribution is 2.29. The van der Waals surface area contributed by atoms with Gasteiger partial charge in [-0.05, 0) is 49.4 Å². The molecule has 0 saturated carbocycles. The Morgan fingerprint density at radius 2 is 1.83 bits per heavy atom. The number of sulfonamides is 1. The average Bonchev–Trinajstić information content (AvgIpc) is 3.18. The van der Waals surface area contributed by atoms with Crippen LogP contribution >= 0.6 is 24.2 Å². The van der Waals surface area contributed by atoms with Gasteiger partial charge in [-0.25, -0.2) is 13.4 Å². The van der Waals surface area contributed by atoms with Crippen LogP contribution in [0.15, 0.2) is 86.4 Å². The van der Waals surface area contributed by atoms with Gasteiger partial charge in [-0.2, -0.15) is 5.10 Å². The summed E-state index contributed by atoms with van der Waals surface area (Å²) in [7, 11) is -2.43. The number of nitrogens with zero attached hydrogens (tertiary/aromatic N) is 6. The summed E-state index contributed by atoms with van der Waals surface area (Å²) in [4.78, 5) is 0.0227. The number of hydrogen-bond acceptors (Lipinski definition) is 11. The third-order valence-electron chi connectivity index (χ3n) is 4.94. The fourth-order valence-corrected chi connectivity index (χ4v) is 5.15. The predicted octanol–water partition coefficient (Wildman–Crippen LogP) is 4.83. The molecule has 0 aliphatic carbocycles. The number of amidine groups is 1. The van der Waals surface area contributed by atoms with Gasteiger partial charge in [0.2, 0.25) is 5.88 Å². The fraction of sp³-hybridized carbons (Fsp3) is 0.136. The zero-order valence-electron chi connectivity index (χ0n) is 19.1. The number of hydrogen-bond donors (Lipinski definition) is 2. The van der Waals surface area contributed by atoms with Gasteiger partial charge in [-0.15, -0.1) is 19.8 Å². The molecule has 3 aromatic rings. The first-order valence-corrected chi connectivity index (χ1v) is 13.1. The topological polar surface area (TPSA) is 145 Å². The van der Waals surface area contributed by atoms with Crippen LogP contribution in [0, 0.1) is 11.3 Å². The lowest BCUT2D eigenvalue weighted by atomic mass is 10.1. The van der Waals surface area contributed by atoms with E-state index >= 15 is 0 Å². The van der Waals surface area contributed by atoms with Crippen molar-refractivity contribution in [1.29, 1.82) is 5.41 Å². The van der Waals surface area contributed by atoms with E-state index in [1.54, 1.807) is 5.01 Å². The second kappa shape index (κ2) is 10.9. The van der Waals surface area contributed by atoms with Crippen LogP contribution in [0.4, 0.5) is 17.2 Å². The van der Waals surface area contributed by atoms with Crippen molar-refractivity contribution in [1.82, 2.24) is 10.2 Å². The molecule has 1 unspecified atom stereocenters. The molecule has 0 spiro atoms. The summed E-state index contributed by atoms with van der Waals surface area (Å²) in [6, 6.07) is 18.2. The minimum atomic E-state index is -3.87. The molecule has 11 nitrogen and oxygen atoms in total. The molecule has 4 rings (SSSR count). The van der Waals surface area contributed by atoms with Crippen molar-refractivity contribution < 1.29 is 13.2 Å². The largest absolute Gasteiger partial charge is 0.480 e. The highest BCUT2D eigenvalue weighted by atomic mass is 32.2. The van der Waals surface area contributed by atoms with E-state index < -0.39 is 15.9 Å². The van der Waals surface area contributed by atoms with E-state index in [-0.39, 0.29) is 22.4 Å². The third-order valence-corrected chi connectivity index (χ3v) is 7.34. The van der Waals surface area contributed by atoms with Crippen LogP contribution in [0.25, 0.3) is 0 Å². The Balaban J connectivity index is 1.36. The van der Waals surface area contributed by atoms with Crippen molar-refractivity contribution in [3.63, 3.8) is 0 Å². The number of anilines is 2. The van der Waals surface area contributed by atoms with Crippen LogP contribution in [-0.4, -0.2) is 41.5 Å². The molecule has 1 aliphatic rings. The molecule has 0 fully saturated rings. The zero-order valence-corrected chi connectivity index (χ0v) is 21.5. The summed E-state index contributed by atoms with van der Waals surface area (Å²) >= 11 is 6.46. The number of nitrogens with one attached hydrogen (secondary N) is 2. The molecule has 2 aromatic carbocycles. The molecule has 14 heteroatoms. The smallest absolute Gasteiger partial charge is 0.263 e. The van der Waals surface area contributed by atoms with Gasteiger partial charge in [-0.3, -0.25) is 10.1 Å². The SMILES string of the molecule is COc1ccc(NS(=O)(=O)c2ccc(N=NSC(=S)C3C(=N)N(c4ccccc4)N=C3C)cc2)nn1. The molecule has 2 N–H and O–H groups in total. The van der Waals surface area contributed by atoms with E-state index in [4.69, 9.17) is 22.4 Å². The van der Waals surface area contributed by atoms with Crippen LogP contribution in [0.1, 0.15) is 6.92 Å². The number of hydrazone groups is 1. The van der Waals surface area contributed by atoms with Crippen molar-refractivity contribution in [3.05, 3.63) is 66.7 Å². The molecule has 1 aromatic heterocycles. The van der Waals surface area contributed by atoms with Gasteiger partial charge < -0.3 is 4.74 Å². The number of para-hydroxylation sites is 1. The molecule has 0 saturated heterocycles. The van der Waals surface area contributed by atoms with Crippen molar-refractivity contribution in [3.8, 4) is 5.88 Å². The van der Waals surface area contributed by atoms with Crippen LogP contribution in [0.5, 0.6) is 5.88 Å². The second-order valence-electron chi connectivity index (χ2n) is 7.36. The Bertz CT molecular complexity index is 1430. The molecule has 0 bridgehead atoms. The maximum Gasteiger partial charge on any atom is 0.263 e. The van der Waals surface area contributed by atoms with Crippen LogP contribution < -0.4 is 14.5 Å². The van der Waals surface area contributed by atoms with E-state index in [9.17, 15) is 8.42 Å². The van der Waals surface area contributed by atoms with Crippen LogP contribution in [0.2, 0.25) is 0 Å².